The third-order valence-electron chi connectivity index (χ3n) is 4.36. The molecule has 0 saturated heterocycles. The van der Waals surface area contributed by atoms with Crippen LogP contribution in [0.3, 0.4) is 0 Å². The van der Waals surface area contributed by atoms with Crippen LogP contribution in [-0.2, 0) is 6.54 Å². The van der Waals surface area contributed by atoms with Crippen molar-refractivity contribution in [1.29, 1.82) is 0 Å². The van der Waals surface area contributed by atoms with Crippen LogP contribution < -0.4 is 10.3 Å². The van der Waals surface area contributed by atoms with Gasteiger partial charge >= 0.3 is 0 Å². The molecule has 0 fully saturated rings. The molecule has 0 radical (unpaired) electrons. The van der Waals surface area contributed by atoms with Gasteiger partial charge in [-0.2, -0.15) is 5.10 Å². The molecule has 0 saturated carbocycles. The second-order valence-corrected chi connectivity index (χ2v) is 6.19. The fraction of sp³-hybridized carbons (Fsp3) is 0.143. The maximum atomic E-state index is 12.8. The van der Waals surface area contributed by atoms with E-state index in [0.29, 0.717) is 29.0 Å². The predicted octanol–water partition coefficient (Wildman–Crippen LogP) is 2.86. The van der Waals surface area contributed by atoms with Gasteiger partial charge in [-0.05, 0) is 43.3 Å². The Morgan fingerprint density at radius 1 is 1.07 bits per heavy atom. The molecule has 0 aliphatic carbocycles. The van der Waals surface area contributed by atoms with Gasteiger partial charge < -0.3 is 4.74 Å². The Hall–Kier alpha value is -3.74. The fourth-order valence-electron chi connectivity index (χ4n) is 2.97. The number of carbonyl (C=O) groups excluding carboxylic acids is 1. The zero-order valence-electron chi connectivity index (χ0n) is 15.3. The Morgan fingerprint density at radius 3 is 2.54 bits per heavy atom. The molecule has 0 unspecified atom stereocenters. The van der Waals surface area contributed by atoms with E-state index in [9.17, 15) is 9.59 Å². The molecule has 0 atom stereocenters. The maximum Gasteiger partial charge on any atom is 0.264 e. The van der Waals surface area contributed by atoms with Gasteiger partial charge in [0.05, 0.1) is 25.0 Å². The first-order valence-electron chi connectivity index (χ1n) is 8.92. The number of aromatic nitrogens is 4. The van der Waals surface area contributed by atoms with Gasteiger partial charge in [0.15, 0.2) is 11.4 Å². The lowest BCUT2D eigenvalue weighted by atomic mass is 10.1. The number of benzene rings is 2. The van der Waals surface area contributed by atoms with Crippen LogP contribution in [0.1, 0.15) is 17.3 Å². The number of hydrogen-bond acceptors (Lipinski definition) is 5. The summed E-state index contributed by atoms with van der Waals surface area (Å²) in [6, 6.07) is 16.3. The van der Waals surface area contributed by atoms with Gasteiger partial charge in [-0.15, -0.1) is 0 Å². The molecule has 28 heavy (non-hydrogen) atoms. The van der Waals surface area contributed by atoms with E-state index in [1.54, 1.807) is 28.9 Å². The zero-order chi connectivity index (χ0) is 19.5. The Balaban J connectivity index is 1.62. The van der Waals surface area contributed by atoms with Crippen LogP contribution in [-0.4, -0.2) is 31.7 Å². The summed E-state index contributed by atoms with van der Waals surface area (Å²) in [5.74, 6) is 0.523. The Bertz CT molecular complexity index is 1180. The van der Waals surface area contributed by atoms with Gasteiger partial charge in [0.1, 0.15) is 17.5 Å². The minimum Gasteiger partial charge on any atom is -0.494 e. The quantitative estimate of drug-likeness (QED) is 0.485. The van der Waals surface area contributed by atoms with E-state index in [-0.39, 0.29) is 17.9 Å². The minimum atomic E-state index is -0.300. The molecular formula is C21H18N4O3. The van der Waals surface area contributed by atoms with E-state index in [0.717, 1.165) is 5.69 Å². The number of ketones is 1. The van der Waals surface area contributed by atoms with E-state index >= 15 is 0 Å². The number of fused-ring (bicyclic) bond motifs is 1. The number of para-hydroxylation sites is 1. The highest BCUT2D eigenvalue weighted by molar-refractivity contribution is 5.96. The van der Waals surface area contributed by atoms with Crippen molar-refractivity contribution in [3.63, 3.8) is 0 Å². The van der Waals surface area contributed by atoms with Gasteiger partial charge in [0.25, 0.3) is 5.56 Å². The third-order valence-corrected chi connectivity index (χ3v) is 4.36. The molecule has 0 N–H and O–H groups in total. The average Bonchev–Trinajstić information content (AvgIpc) is 3.16. The number of Topliss-reactive ketones (excluding diaryl/α,β-unsaturated/α-hetero) is 1. The van der Waals surface area contributed by atoms with Crippen LogP contribution in [0.2, 0.25) is 0 Å². The Kier molecular flexibility index (Phi) is 4.72. The number of carbonyl (C=O) groups is 1. The van der Waals surface area contributed by atoms with Crippen molar-refractivity contribution >= 4 is 16.8 Å². The summed E-state index contributed by atoms with van der Waals surface area (Å²) in [6.45, 7) is 2.37. The summed E-state index contributed by atoms with van der Waals surface area (Å²) in [7, 11) is 0. The lowest BCUT2D eigenvalue weighted by molar-refractivity contribution is 0.0970. The highest BCUT2D eigenvalue weighted by atomic mass is 16.5. The smallest absolute Gasteiger partial charge is 0.264 e. The third kappa shape index (κ3) is 3.29. The second kappa shape index (κ2) is 7.48. The van der Waals surface area contributed by atoms with E-state index < -0.39 is 0 Å². The fourth-order valence-corrected chi connectivity index (χ4v) is 2.97. The van der Waals surface area contributed by atoms with Crippen LogP contribution in [0, 0.1) is 0 Å². The van der Waals surface area contributed by atoms with Crippen molar-refractivity contribution in [3.05, 3.63) is 83.0 Å². The van der Waals surface area contributed by atoms with Crippen molar-refractivity contribution in [2.45, 2.75) is 13.5 Å². The van der Waals surface area contributed by atoms with Crippen LogP contribution in [0.15, 0.2) is 71.9 Å². The first kappa shape index (κ1) is 17.7. The van der Waals surface area contributed by atoms with Crippen molar-refractivity contribution in [2.75, 3.05) is 6.61 Å². The molecule has 7 heteroatoms. The molecule has 2 heterocycles. The molecule has 0 aliphatic heterocycles. The minimum absolute atomic E-state index is 0.0910. The molecule has 140 valence electrons. The highest BCUT2D eigenvalue weighted by Crippen LogP contribution is 2.14. The van der Waals surface area contributed by atoms with E-state index in [4.69, 9.17) is 4.74 Å². The van der Waals surface area contributed by atoms with Crippen molar-refractivity contribution in [3.8, 4) is 11.4 Å². The zero-order valence-corrected chi connectivity index (χ0v) is 15.3. The maximum absolute atomic E-state index is 12.8. The molecule has 0 bridgehead atoms. The summed E-state index contributed by atoms with van der Waals surface area (Å²) < 4.78 is 8.29. The molecule has 2 aromatic carbocycles. The molecule has 0 amide bonds. The summed E-state index contributed by atoms with van der Waals surface area (Å²) in [4.78, 5) is 29.7. The summed E-state index contributed by atoms with van der Waals surface area (Å²) in [6.07, 6.45) is 2.87. The van der Waals surface area contributed by atoms with Gasteiger partial charge in [-0.25, -0.2) is 9.67 Å². The summed E-state index contributed by atoms with van der Waals surface area (Å²) >= 11 is 0. The highest BCUT2D eigenvalue weighted by Gasteiger charge is 2.14. The molecule has 2 aromatic heterocycles. The summed E-state index contributed by atoms with van der Waals surface area (Å²) in [5.41, 5.74) is 1.48. The number of ether oxygens (including phenoxy) is 1. The van der Waals surface area contributed by atoms with Gasteiger partial charge in [0.2, 0.25) is 0 Å². The summed E-state index contributed by atoms with van der Waals surface area (Å²) in [5, 5.41) is 4.64. The SMILES string of the molecule is CCOc1ccc(C(=O)Cn2cnc3c(cnn3-c3ccccc3)c2=O)cc1. The standard InChI is InChI=1S/C21H18N4O3/c1-2-28-17-10-8-15(9-11-17)19(26)13-24-14-22-20-18(21(24)27)12-23-25(20)16-6-4-3-5-7-16/h3-12,14H,2,13H2,1H3. The van der Waals surface area contributed by atoms with E-state index in [1.165, 1.54) is 17.1 Å². The molecule has 0 aliphatic rings. The number of rotatable bonds is 6. The van der Waals surface area contributed by atoms with Crippen LogP contribution in [0.4, 0.5) is 0 Å². The van der Waals surface area contributed by atoms with Crippen LogP contribution in [0.5, 0.6) is 5.75 Å². The second-order valence-electron chi connectivity index (χ2n) is 6.19. The Morgan fingerprint density at radius 2 is 1.82 bits per heavy atom. The normalized spacial score (nSPS) is 10.9. The topological polar surface area (TPSA) is 79.0 Å². The molecule has 4 aromatic rings. The van der Waals surface area contributed by atoms with E-state index in [2.05, 4.69) is 10.1 Å². The number of nitrogens with zero attached hydrogens (tertiary/aromatic N) is 4. The van der Waals surface area contributed by atoms with Gasteiger partial charge in [0, 0.05) is 5.56 Å². The molecular weight excluding hydrogens is 356 g/mol. The average molecular weight is 374 g/mol. The first-order valence-corrected chi connectivity index (χ1v) is 8.92. The van der Waals surface area contributed by atoms with Crippen LogP contribution in [0.25, 0.3) is 16.7 Å². The lowest BCUT2D eigenvalue weighted by Gasteiger charge is -2.07. The Labute approximate surface area is 160 Å². The predicted molar refractivity (Wildman–Crippen MR) is 105 cm³/mol. The molecule has 4 rings (SSSR count). The van der Waals surface area contributed by atoms with E-state index in [1.807, 2.05) is 37.3 Å². The lowest BCUT2D eigenvalue weighted by Crippen LogP contribution is -2.24. The van der Waals surface area contributed by atoms with Crippen molar-refractivity contribution in [2.24, 2.45) is 0 Å². The monoisotopic (exact) mass is 374 g/mol. The molecule has 0 spiro atoms. The van der Waals surface area contributed by atoms with Crippen LogP contribution >= 0.6 is 0 Å². The van der Waals surface area contributed by atoms with Gasteiger partial charge in [-0.1, -0.05) is 18.2 Å². The van der Waals surface area contributed by atoms with Crippen molar-refractivity contribution < 1.29 is 9.53 Å². The van der Waals surface area contributed by atoms with Gasteiger partial charge in [-0.3, -0.25) is 14.2 Å². The van der Waals surface area contributed by atoms with Crippen molar-refractivity contribution in [1.82, 2.24) is 19.3 Å². The number of hydrogen-bond donors (Lipinski definition) is 0. The first-order chi connectivity index (χ1) is 13.7. The largest absolute Gasteiger partial charge is 0.494 e. The molecule has 7 nitrogen and oxygen atoms in total.